The molecule has 3 nitrogen and oxygen atoms in total. The van der Waals surface area contributed by atoms with E-state index in [1.54, 1.807) is 72.8 Å². The summed E-state index contributed by atoms with van der Waals surface area (Å²) in [6.45, 7) is 0. The molecular weight excluding hydrogens is 532 g/mol. The molecule has 0 saturated heterocycles. The lowest BCUT2D eigenvalue weighted by Gasteiger charge is -2.06. The molecule has 0 aliphatic heterocycles. The Balaban J connectivity index is 1.49. The molecular formula is C27H16Br2O3. The molecule has 156 valence electrons. The summed E-state index contributed by atoms with van der Waals surface area (Å²) in [7, 11) is 0. The summed E-state index contributed by atoms with van der Waals surface area (Å²) < 4.78 is 1.80. The Labute approximate surface area is 202 Å². The van der Waals surface area contributed by atoms with Gasteiger partial charge in [0.15, 0.2) is 17.3 Å². The molecule has 0 atom stereocenters. The van der Waals surface area contributed by atoms with Crippen LogP contribution >= 0.6 is 31.9 Å². The maximum absolute atomic E-state index is 12.8. The largest absolute Gasteiger partial charge is 0.289 e. The number of hydrogen-bond acceptors (Lipinski definition) is 3. The predicted molar refractivity (Wildman–Crippen MR) is 131 cm³/mol. The second kappa shape index (κ2) is 9.55. The van der Waals surface area contributed by atoms with Crippen molar-refractivity contribution < 1.29 is 14.4 Å². The Bertz CT molecular complexity index is 1190. The lowest BCUT2D eigenvalue weighted by Crippen LogP contribution is -2.06. The minimum Gasteiger partial charge on any atom is -0.289 e. The summed E-state index contributed by atoms with van der Waals surface area (Å²) in [6.07, 6.45) is 0. The van der Waals surface area contributed by atoms with E-state index in [-0.39, 0.29) is 17.3 Å². The van der Waals surface area contributed by atoms with E-state index in [2.05, 4.69) is 31.9 Å². The number of hydrogen-bond donors (Lipinski definition) is 0. The van der Waals surface area contributed by atoms with Crippen LogP contribution in [0, 0.1) is 0 Å². The second-order valence-corrected chi connectivity index (χ2v) is 8.99. The lowest BCUT2D eigenvalue weighted by atomic mass is 9.97. The van der Waals surface area contributed by atoms with Crippen molar-refractivity contribution >= 4 is 49.2 Å². The summed E-state index contributed by atoms with van der Waals surface area (Å²) >= 11 is 6.71. The van der Waals surface area contributed by atoms with Gasteiger partial charge in [-0.25, -0.2) is 0 Å². The van der Waals surface area contributed by atoms with Gasteiger partial charge in [-0.3, -0.25) is 14.4 Å². The zero-order valence-electron chi connectivity index (χ0n) is 16.7. The van der Waals surface area contributed by atoms with Crippen LogP contribution in [0.2, 0.25) is 0 Å². The van der Waals surface area contributed by atoms with Crippen LogP contribution in [0.1, 0.15) is 47.8 Å². The molecule has 4 aromatic rings. The molecule has 0 bridgehead atoms. The van der Waals surface area contributed by atoms with Gasteiger partial charge < -0.3 is 0 Å². The van der Waals surface area contributed by atoms with E-state index in [0.717, 1.165) is 8.95 Å². The van der Waals surface area contributed by atoms with E-state index in [1.807, 2.05) is 24.3 Å². The van der Waals surface area contributed by atoms with Crippen LogP contribution < -0.4 is 0 Å². The van der Waals surface area contributed by atoms with Gasteiger partial charge in [0, 0.05) is 42.3 Å². The van der Waals surface area contributed by atoms with E-state index in [1.165, 1.54) is 0 Å². The Kier molecular flexibility index (Phi) is 6.58. The van der Waals surface area contributed by atoms with Crippen molar-refractivity contribution in [1.82, 2.24) is 0 Å². The third-order valence-electron chi connectivity index (χ3n) is 5.03. The van der Waals surface area contributed by atoms with Crippen LogP contribution in [0.3, 0.4) is 0 Å². The molecule has 4 aromatic carbocycles. The fourth-order valence-corrected chi connectivity index (χ4v) is 3.78. The van der Waals surface area contributed by atoms with Crippen LogP contribution in [-0.4, -0.2) is 17.3 Å². The van der Waals surface area contributed by atoms with E-state index in [4.69, 9.17) is 0 Å². The van der Waals surface area contributed by atoms with Gasteiger partial charge in [-0.1, -0.05) is 80.4 Å². The molecule has 0 amide bonds. The molecule has 4 rings (SSSR count). The fourth-order valence-electron chi connectivity index (χ4n) is 3.25. The van der Waals surface area contributed by atoms with Crippen LogP contribution in [0.5, 0.6) is 0 Å². The topological polar surface area (TPSA) is 51.2 Å². The zero-order chi connectivity index (χ0) is 22.7. The molecule has 0 N–H and O–H groups in total. The monoisotopic (exact) mass is 546 g/mol. The lowest BCUT2D eigenvalue weighted by molar-refractivity contribution is 0.102. The van der Waals surface area contributed by atoms with Crippen LogP contribution in [0.4, 0.5) is 0 Å². The van der Waals surface area contributed by atoms with E-state index >= 15 is 0 Å². The third-order valence-corrected chi connectivity index (χ3v) is 6.09. The molecule has 0 saturated carbocycles. The normalized spacial score (nSPS) is 10.6. The highest BCUT2D eigenvalue weighted by Crippen LogP contribution is 2.18. The summed E-state index contributed by atoms with van der Waals surface area (Å²) in [5, 5.41) is 0. The Hall–Kier alpha value is -3.15. The summed E-state index contributed by atoms with van der Waals surface area (Å²) in [5.74, 6) is -0.380. The minimum absolute atomic E-state index is 0.104. The molecule has 0 radical (unpaired) electrons. The summed E-state index contributed by atoms with van der Waals surface area (Å²) in [4.78, 5) is 38.1. The van der Waals surface area contributed by atoms with Crippen molar-refractivity contribution in [1.29, 1.82) is 0 Å². The summed E-state index contributed by atoms with van der Waals surface area (Å²) in [5.41, 5.74) is 3.14. The molecule has 0 heterocycles. The van der Waals surface area contributed by atoms with E-state index in [9.17, 15) is 14.4 Å². The quantitative estimate of drug-likeness (QED) is 0.246. The van der Waals surface area contributed by atoms with E-state index in [0.29, 0.717) is 33.4 Å². The number of ketones is 3. The Morgan fingerprint density at radius 1 is 0.344 bits per heavy atom. The first-order valence-corrected chi connectivity index (χ1v) is 11.4. The first-order chi connectivity index (χ1) is 15.4. The highest BCUT2D eigenvalue weighted by atomic mass is 79.9. The number of carbonyl (C=O) groups is 3. The van der Waals surface area contributed by atoms with E-state index < -0.39 is 0 Å². The molecule has 0 unspecified atom stereocenters. The van der Waals surface area contributed by atoms with Crippen molar-refractivity contribution in [2.24, 2.45) is 0 Å². The number of carbonyl (C=O) groups excluding carboxylic acids is 3. The van der Waals surface area contributed by atoms with Crippen molar-refractivity contribution in [3.05, 3.63) is 139 Å². The average molecular weight is 548 g/mol. The highest BCUT2D eigenvalue weighted by Gasteiger charge is 2.14. The van der Waals surface area contributed by atoms with Crippen molar-refractivity contribution in [3.8, 4) is 0 Å². The zero-order valence-corrected chi connectivity index (χ0v) is 19.9. The minimum atomic E-state index is -0.171. The molecule has 0 aliphatic rings. The Morgan fingerprint density at radius 3 is 0.688 bits per heavy atom. The van der Waals surface area contributed by atoms with Crippen LogP contribution in [-0.2, 0) is 0 Å². The first kappa shape index (κ1) is 22.1. The van der Waals surface area contributed by atoms with Gasteiger partial charge >= 0.3 is 0 Å². The standard InChI is InChI=1S/C27H16Br2O3/c28-23-13-9-21(10-14-23)26(31)19-5-1-17(2-6-19)25(30)18-3-7-20(8-4-18)27(32)22-11-15-24(29)16-12-22/h1-16H. The SMILES string of the molecule is O=C(c1ccc(Br)cc1)c1ccc(C(=O)c2ccc(C(=O)c3ccc(Br)cc3)cc2)cc1. The fraction of sp³-hybridized carbons (Fsp3) is 0. The van der Waals surface area contributed by atoms with Crippen LogP contribution in [0.25, 0.3) is 0 Å². The first-order valence-electron chi connectivity index (χ1n) is 9.78. The molecule has 0 spiro atoms. The van der Waals surface area contributed by atoms with Gasteiger partial charge in [-0.2, -0.15) is 0 Å². The van der Waals surface area contributed by atoms with Gasteiger partial charge in [0.25, 0.3) is 0 Å². The maximum atomic E-state index is 12.8. The maximum Gasteiger partial charge on any atom is 0.193 e. The summed E-state index contributed by atoms with van der Waals surface area (Å²) in [6, 6.07) is 27.5. The highest BCUT2D eigenvalue weighted by molar-refractivity contribution is 9.10. The molecule has 5 heteroatoms. The second-order valence-electron chi connectivity index (χ2n) is 7.16. The predicted octanol–water partition coefficient (Wildman–Crippen LogP) is 6.90. The number of benzene rings is 4. The average Bonchev–Trinajstić information content (AvgIpc) is 2.84. The van der Waals surface area contributed by atoms with Gasteiger partial charge in [0.05, 0.1) is 0 Å². The molecule has 0 aromatic heterocycles. The van der Waals surface area contributed by atoms with Crippen molar-refractivity contribution in [3.63, 3.8) is 0 Å². The van der Waals surface area contributed by atoms with Crippen molar-refractivity contribution in [2.45, 2.75) is 0 Å². The molecule has 32 heavy (non-hydrogen) atoms. The molecule has 0 aliphatic carbocycles. The Morgan fingerprint density at radius 2 is 0.500 bits per heavy atom. The number of halogens is 2. The smallest absolute Gasteiger partial charge is 0.193 e. The van der Waals surface area contributed by atoms with Gasteiger partial charge in [-0.15, -0.1) is 0 Å². The van der Waals surface area contributed by atoms with Gasteiger partial charge in [0.1, 0.15) is 0 Å². The van der Waals surface area contributed by atoms with Gasteiger partial charge in [-0.05, 0) is 48.5 Å². The van der Waals surface area contributed by atoms with Crippen LogP contribution in [0.15, 0.2) is 106 Å². The van der Waals surface area contributed by atoms with Gasteiger partial charge in [0.2, 0.25) is 0 Å². The van der Waals surface area contributed by atoms with Crippen molar-refractivity contribution in [2.75, 3.05) is 0 Å². The molecule has 0 fully saturated rings. The third kappa shape index (κ3) is 4.85. The number of rotatable bonds is 6.